The minimum Gasteiger partial charge on any atom is -0.347 e. The molecule has 30 heavy (non-hydrogen) atoms. The van der Waals surface area contributed by atoms with E-state index in [0.29, 0.717) is 18.7 Å². The second-order valence-electron chi connectivity index (χ2n) is 7.82. The number of hydrogen-bond acceptors (Lipinski definition) is 4. The van der Waals surface area contributed by atoms with Crippen LogP contribution in [0.3, 0.4) is 0 Å². The zero-order valence-corrected chi connectivity index (χ0v) is 16.3. The number of anilines is 1. The van der Waals surface area contributed by atoms with E-state index in [2.05, 4.69) is 9.88 Å². The molecule has 2 saturated heterocycles. The number of halogens is 3. The van der Waals surface area contributed by atoms with Crippen LogP contribution in [0.1, 0.15) is 36.8 Å². The van der Waals surface area contributed by atoms with Gasteiger partial charge in [-0.05, 0) is 37.1 Å². The van der Waals surface area contributed by atoms with Gasteiger partial charge in [0.25, 0.3) is 5.92 Å². The number of pyridine rings is 1. The lowest BCUT2D eigenvalue weighted by atomic mass is 10.0. The summed E-state index contributed by atoms with van der Waals surface area (Å²) in [5.41, 5.74) is 0.204. The maximum Gasteiger partial charge on any atom is 0.273 e. The van der Waals surface area contributed by atoms with Crippen molar-refractivity contribution in [1.82, 2.24) is 9.88 Å². The molecule has 2 aliphatic rings. The summed E-state index contributed by atoms with van der Waals surface area (Å²) in [7, 11) is 0. The average Bonchev–Trinajstić information content (AvgIpc) is 3.01. The summed E-state index contributed by atoms with van der Waals surface area (Å²) in [6.07, 6.45) is 2.47. The smallest absolute Gasteiger partial charge is 0.273 e. The molecule has 1 amide bonds. The van der Waals surface area contributed by atoms with E-state index in [1.165, 1.54) is 6.20 Å². The third-order valence-corrected chi connectivity index (χ3v) is 5.90. The third-order valence-electron chi connectivity index (χ3n) is 5.90. The lowest BCUT2D eigenvalue weighted by Crippen LogP contribution is -2.55. The second-order valence-corrected chi connectivity index (χ2v) is 7.82. The van der Waals surface area contributed by atoms with E-state index in [1.54, 1.807) is 11.0 Å². The Morgan fingerprint density at radius 1 is 1.13 bits per heavy atom. The molecule has 2 fully saturated rings. The fraction of sp³-hybridized carbons (Fsp3) is 0.409. The van der Waals surface area contributed by atoms with Gasteiger partial charge in [0.2, 0.25) is 5.91 Å². The molecule has 1 aromatic heterocycles. The maximum absolute atomic E-state index is 14.4. The van der Waals surface area contributed by atoms with Crippen molar-refractivity contribution in [2.75, 3.05) is 18.0 Å². The molecule has 2 bridgehead atoms. The molecule has 0 saturated carbocycles. The molecule has 156 valence electrons. The van der Waals surface area contributed by atoms with Crippen molar-refractivity contribution in [3.8, 4) is 6.07 Å². The molecule has 2 unspecified atom stereocenters. The van der Waals surface area contributed by atoms with Crippen LogP contribution in [0.4, 0.5) is 19.0 Å². The number of carbonyl (C=O) groups is 1. The molecular formula is C22H21F3N4O. The zero-order valence-electron chi connectivity index (χ0n) is 16.3. The molecule has 2 aliphatic heterocycles. The van der Waals surface area contributed by atoms with Crippen LogP contribution in [0.2, 0.25) is 0 Å². The van der Waals surface area contributed by atoms with E-state index < -0.39 is 18.2 Å². The summed E-state index contributed by atoms with van der Waals surface area (Å²) in [6, 6.07) is 9.87. The van der Waals surface area contributed by atoms with Crippen molar-refractivity contribution in [2.45, 2.75) is 43.7 Å². The second kappa shape index (κ2) is 7.98. The summed E-state index contributed by atoms with van der Waals surface area (Å²) in [4.78, 5) is 20.9. The van der Waals surface area contributed by atoms with E-state index in [1.807, 2.05) is 12.1 Å². The molecule has 4 rings (SSSR count). The van der Waals surface area contributed by atoms with E-state index in [0.717, 1.165) is 42.9 Å². The van der Waals surface area contributed by atoms with Crippen LogP contribution >= 0.6 is 0 Å². The van der Waals surface area contributed by atoms with Gasteiger partial charge in [0.1, 0.15) is 17.7 Å². The van der Waals surface area contributed by atoms with E-state index in [-0.39, 0.29) is 30.0 Å². The molecule has 8 heteroatoms. The lowest BCUT2D eigenvalue weighted by molar-refractivity contribution is -0.134. The number of hydrogen-bond donors (Lipinski definition) is 0. The highest BCUT2D eigenvalue weighted by molar-refractivity contribution is 5.77. The van der Waals surface area contributed by atoms with Gasteiger partial charge in [0, 0.05) is 49.8 Å². The molecule has 2 aromatic rings. The predicted molar refractivity (Wildman–Crippen MR) is 104 cm³/mol. The standard InChI is InChI=1S/C22H21F3N4O/c23-17-4-2-16(3-5-17)22(24,25)10-9-21(30)28-13-18-6-7-19(14-28)29(18)20-8-1-15(11-26)12-27-20/h1-5,8,12,18-19H,6-7,9-10,13-14H2. The number of fused-ring (bicyclic) bond motifs is 2. The van der Waals surface area contributed by atoms with Crippen molar-refractivity contribution in [3.63, 3.8) is 0 Å². The van der Waals surface area contributed by atoms with Gasteiger partial charge in [-0.2, -0.15) is 5.26 Å². The maximum atomic E-state index is 14.4. The van der Waals surface area contributed by atoms with Crippen molar-refractivity contribution in [1.29, 1.82) is 5.26 Å². The number of benzene rings is 1. The van der Waals surface area contributed by atoms with Crippen LogP contribution in [-0.4, -0.2) is 41.0 Å². The molecular weight excluding hydrogens is 393 g/mol. The highest BCUT2D eigenvalue weighted by Gasteiger charge is 2.42. The fourth-order valence-electron chi connectivity index (χ4n) is 4.35. The van der Waals surface area contributed by atoms with Crippen molar-refractivity contribution in [2.24, 2.45) is 0 Å². The first-order valence-electron chi connectivity index (χ1n) is 9.93. The Morgan fingerprint density at radius 2 is 1.80 bits per heavy atom. The molecule has 1 aromatic carbocycles. The number of rotatable bonds is 5. The number of amides is 1. The number of carbonyl (C=O) groups excluding carboxylic acids is 1. The first-order chi connectivity index (χ1) is 14.4. The van der Waals surface area contributed by atoms with Crippen molar-refractivity contribution in [3.05, 3.63) is 59.5 Å². The largest absolute Gasteiger partial charge is 0.347 e. The van der Waals surface area contributed by atoms with Gasteiger partial charge in [-0.1, -0.05) is 12.1 Å². The molecule has 2 atom stereocenters. The summed E-state index contributed by atoms with van der Waals surface area (Å²) in [5.74, 6) is -3.27. The van der Waals surface area contributed by atoms with Gasteiger partial charge in [0.05, 0.1) is 5.56 Å². The summed E-state index contributed by atoms with van der Waals surface area (Å²) < 4.78 is 41.8. The van der Waals surface area contributed by atoms with Crippen LogP contribution < -0.4 is 4.90 Å². The van der Waals surface area contributed by atoms with Crippen LogP contribution in [0.15, 0.2) is 42.6 Å². The summed E-state index contributed by atoms with van der Waals surface area (Å²) in [6.45, 7) is 0.943. The lowest BCUT2D eigenvalue weighted by Gasteiger charge is -2.42. The molecule has 0 aliphatic carbocycles. The van der Waals surface area contributed by atoms with Crippen molar-refractivity contribution >= 4 is 11.7 Å². The van der Waals surface area contributed by atoms with Gasteiger partial charge in [-0.3, -0.25) is 4.79 Å². The number of alkyl halides is 2. The highest BCUT2D eigenvalue weighted by Crippen LogP contribution is 2.36. The van der Waals surface area contributed by atoms with E-state index >= 15 is 0 Å². The van der Waals surface area contributed by atoms with Gasteiger partial charge in [-0.15, -0.1) is 0 Å². The minimum atomic E-state index is -3.18. The number of nitriles is 1. The molecule has 0 radical (unpaired) electrons. The van der Waals surface area contributed by atoms with Crippen molar-refractivity contribution < 1.29 is 18.0 Å². The normalized spacial score (nSPS) is 20.9. The predicted octanol–water partition coefficient (Wildman–Crippen LogP) is 3.84. The monoisotopic (exact) mass is 414 g/mol. The van der Waals surface area contributed by atoms with Gasteiger partial charge >= 0.3 is 0 Å². The van der Waals surface area contributed by atoms with Gasteiger partial charge < -0.3 is 9.80 Å². The Kier molecular flexibility index (Phi) is 5.37. The van der Waals surface area contributed by atoms with Gasteiger partial charge in [0.15, 0.2) is 0 Å². The van der Waals surface area contributed by atoms with Crippen LogP contribution in [0.25, 0.3) is 0 Å². The van der Waals surface area contributed by atoms with Crippen LogP contribution in [-0.2, 0) is 10.7 Å². The molecule has 0 spiro atoms. The quantitative estimate of drug-likeness (QED) is 0.746. The molecule has 0 N–H and O–H groups in total. The number of aromatic nitrogens is 1. The number of likely N-dealkylation sites (tertiary alicyclic amines) is 1. The minimum absolute atomic E-state index is 0.0887. The zero-order chi connectivity index (χ0) is 21.3. The number of nitrogens with zero attached hydrogens (tertiary/aromatic N) is 4. The van der Waals surface area contributed by atoms with E-state index in [4.69, 9.17) is 5.26 Å². The van der Waals surface area contributed by atoms with Crippen LogP contribution in [0, 0.1) is 17.1 Å². The summed E-state index contributed by atoms with van der Waals surface area (Å²) in [5, 5.41) is 8.93. The Hall–Kier alpha value is -3.08. The Labute approximate surface area is 172 Å². The Bertz CT molecular complexity index is 942. The topological polar surface area (TPSA) is 60.2 Å². The van der Waals surface area contributed by atoms with E-state index in [9.17, 15) is 18.0 Å². The molecule has 5 nitrogen and oxygen atoms in total. The SMILES string of the molecule is N#Cc1ccc(N2C3CCC2CN(C(=O)CCC(F)(F)c2ccc(F)cc2)C3)nc1. The Morgan fingerprint density at radius 3 is 2.37 bits per heavy atom. The number of piperazine rings is 1. The first-order valence-corrected chi connectivity index (χ1v) is 9.93. The van der Waals surface area contributed by atoms with Gasteiger partial charge in [-0.25, -0.2) is 18.2 Å². The highest BCUT2D eigenvalue weighted by atomic mass is 19.3. The average molecular weight is 414 g/mol. The third kappa shape index (κ3) is 3.97. The van der Waals surface area contributed by atoms with Crippen LogP contribution in [0.5, 0.6) is 0 Å². The fourth-order valence-corrected chi connectivity index (χ4v) is 4.35. The summed E-state index contributed by atoms with van der Waals surface area (Å²) >= 11 is 0. The molecule has 3 heterocycles. The first kappa shape index (κ1) is 20.2. The Balaban J connectivity index is 1.37.